The summed E-state index contributed by atoms with van der Waals surface area (Å²) in [6.07, 6.45) is 3.58. The van der Waals surface area contributed by atoms with Crippen LogP contribution in [0.3, 0.4) is 0 Å². The van der Waals surface area contributed by atoms with Crippen molar-refractivity contribution in [3.8, 4) is 16.9 Å². The molecule has 0 aliphatic heterocycles. The Morgan fingerprint density at radius 1 is 0.935 bits per heavy atom. The van der Waals surface area contributed by atoms with Crippen LogP contribution in [-0.4, -0.2) is 45.7 Å². The maximum atomic E-state index is 12.7. The highest BCUT2D eigenvalue weighted by molar-refractivity contribution is 6.06. The summed E-state index contributed by atoms with van der Waals surface area (Å²) in [5, 5.41) is 8.85. The number of esters is 2. The van der Waals surface area contributed by atoms with E-state index in [1.807, 2.05) is 54.7 Å². The molecule has 0 saturated heterocycles. The van der Waals surface area contributed by atoms with Gasteiger partial charge in [-0.25, -0.2) is 14.3 Å². The van der Waals surface area contributed by atoms with Crippen LogP contribution in [0.4, 0.5) is 0 Å². The lowest BCUT2D eigenvalue weighted by molar-refractivity contribution is 0.0549. The van der Waals surface area contributed by atoms with E-state index in [0.29, 0.717) is 23.5 Å². The first-order valence-electron chi connectivity index (χ1n) is 9.54. The Hall–Kier alpha value is -4.20. The number of methoxy groups -OCH3 is 2. The summed E-state index contributed by atoms with van der Waals surface area (Å²) in [5.41, 5.74) is 2.64. The maximum absolute atomic E-state index is 12.7. The molecule has 0 saturated carbocycles. The number of carbonyl (C=O) groups is 2. The molecule has 4 rings (SSSR count). The number of nitrogens with zero attached hydrogens (tertiary/aromatic N) is 4. The van der Waals surface area contributed by atoms with Crippen molar-refractivity contribution < 1.29 is 19.1 Å². The fraction of sp³-hybridized carbons (Fsp3) is 0.130. The molecule has 0 fully saturated rings. The molecule has 0 amide bonds. The van der Waals surface area contributed by atoms with Crippen LogP contribution in [0.1, 0.15) is 26.4 Å². The van der Waals surface area contributed by atoms with E-state index in [0.717, 1.165) is 5.56 Å². The van der Waals surface area contributed by atoms with Gasteiger partial charge in [-0.1, -0.05) is 36.4 Å². The summed E-state index contributed by atoms with van der Waals surface area (Å²) < 4.78 is 13.1. The molecule has 2 aromatic heterocycles. The Labute approximate surface area is 178 Å². The predicted molar refractivity (Wildman–Crippen MR) is 113 cm³/mol. The summed E-state index contributed by atoms with van der Waals surface area (Å²) in [7, 11) is 2.53. The minimum Gasteiger partial charge on any atom is -0.465 e. The summed E-state index contributed by atoms with van der Waals surface area (Å²) in [5.74, 6) is -1.36. The van der Waals surface area contributed by atoms with Crippen molar-refractivity contribution in [2.45, 2.75) is 6.54 Å². The smallest absolute Gasteiger partial charge is 0.357 e. The lowest BCUT2D eigenvalue weighted by Gasteiger charge is -2.07. The van der Waals surface area contributed by atoms with Gasteiger partial charge in [0.1, 0.15) is 11.3 Å². The molecule has 31 heavy (non-hydrogen) atoms. The summed E-state index contributed by atoms with van der Waals surface area (Å²) in [6, 6.07) is 18.5. The van der Waals surface area contributed by atoms with Gasteiger partial charge in [0.05, 0.1) is 26.5 Å². The molecule has 2 heterocycles. The minimum atomic E-state index is -0.685. The van der Waals surface area contributed by atoms with E-state index in [1.165, 1.54) is 18.9 Å². The monoisotopic (exact) mass is 416 g/mol. The summed E-state index contributed by atoms with van der Waals surface area (Å²) in [6.45, 7) is 0.553. The van der Waals surface area contributed by atoms with Crippen molar-refractivity contribution >= 4 is 11.9 Å². The second kappa shape index (κ2) is 8.66. The zero-order valence-electron chi connectivity index (χ0n) is 17.1. The van der Waals surface area contributed by atoms with Crippen molar-refractivity contribution in [2.75, 3.05) is 14.2 Å². The summed E-state index contributed by atoms with van der Waals surface area (Å²) in [4.78, 5) is 25.4. The molecule has 0 atom stereocenters. The van der Waals surface area contributed by atoms with E-state index in [2.05, 4.69) is 10.2 Å². The first-order chi connectivity index (χ1) is 15.1. The number of rotatable bonds is 6. The number of ether oxygens (including phenoxy) is 2. The molecule has 0 spiro atoms. The minimum absolute atomic E-state index is 0.00743. The third-order valence-electron chi connectivity index (χ3n) is 4.76. The van der Waals surface area contributed by atoms with Crippen molar-refractivity contribution in [3.05, 3.63) is 89.9 Å². The number of benzene rings is 2. The second-order valence-corrected chi connectivity index (χ2v) is 6.71. The highest BCUT2D eigenvalue weighted by atomic mass is 16.5. The molecule has 0 unspecified atom stereocenters. The highest BCUT2D eigenvalue weighted by Crippen LogP contribution is 2.29. The topological polar surface area (TPSA) is 88.2 Å². The van der Waals surface area contributed by atoms with Crippen LogP contribution in [-0.2, 0) is 16.0 Å². The van der Waals surface area contributed by atoms with Gasteiger partial charge in [0.25, 0.3) is 0 Å². The van der Waals surface area contributed by atoms with Crippen LogP contribution in [0, 0.1) is 0 Å². The third kappa shape index (κ3) is 3.95. The van der Waals surface area contributed by atoms with Gasteiger partial charge >= 0.3 is 11.9 Å². The van der Waals surface area contributed by atoms with Crippen LogP contribution >= 0.6 is 0 Å². The first kappa shape index (κ1) is 20.1. The standard InChI is InChI=1S/C23H20N4O4/c1-30-22(28)19-20(17-9-6-8-16(14-17)15-26-13-7-12-24-26)25-27(21(19)23(29)31-2)18-10-4-3-5-11-18/h3-14H,15H2,1-2H3. The average Bonchev–Trinajstić information content (AvgIpc) is 3.47. The van der Waals surface area contributed by atoms with Crippen LogP contribution in [0.25, 0.3) is 16.9 Å². The third-order valence-corrected chi connectivity index (χ3v) is 4.76. The van der Waals surface area contributed by atoms with Crippen molar-refractivity contribution in [1.29, 1.82) is 0 Å². The Morgan fingerprint density at radius 3 is 2.39 bits per heavy atom. The Balaban J connectivity index is 1.90. The lowest BCUT2D eigenvalue weighted by Crippen LogP contribution is -2.15. The van der Waals surface area contributed by atoms with Crippen molar-refractivity contribution in [3.63, 3.8) is 0 Å². The molecule has 0 N–H and O–H groups in total. The normalized spacial score (nSPS) is 10.6. The van der Waals surface area contributed by atoms with Crippen LogP contribution in [0.15, 0.2) is 73.1 Å². The average molecular weight is 416 g/mol. The largest absolute Gasteiger partial charge is 0.465 e. The number of hydrogen-bond donors (Lipinski definition) is 0. The Morgan fingerprint density at radius 2 is 1.71 bits per heavy atom. The maximum Gasteiger partial charge on any atom is 0.357 e. The van der Waals surface area contributed by atoms with E-state index < -0.39 is 11.9 Å². The van der Waals surface area contributed by atoms with Crippen LogP contribution < -0.4 is 0 Å². The van der Waals surface area contributed by atoms with E-state index in [4.69, 9.17) is 9.47 Å². The molecule has 156 valence electrons. The van der Waals surface area contributed by atoms with E-state index >= 15 is 0 Å². The molecule has 0 bridgehead atoms. The van der Waals surface area contributed by atoms with Gasteiger partial charge in [0, 0.05) is 18.0 Å². The zero-order valence-corrected chi connectivity index (χ0v) is 17.1. The SMILES string of the molecule is COC(=O)c1c(-c2cccc(Cn3cccn3)c2)nn(-c2ccccc2)c1C(=O)OC. The van der Waals surface area contributed by atoms with Gasteiger partial charge in [-0.2, -0.15) is 10.2 Å². The van der Waals surface area contributed by atoms with E-state index in [-0.39, 0.29) is 11.3 Å². The molecule has 8 nitrogen and oxygen atoms in total. The van der Waals surface area contributed by atoms with Gasteiger partial charge in [0.2, 0.25) is 0 Å². The molecule has 0 aliphatic carbocycles. The van der Waals surface area contributed by atoms with E-state index in [9.17, 15) is 9.59 Å². The molecule has 2 aromatic carbocycles. The van der Waals surface area contributed by atoms with Gasteiger partial charge in [0.15, 0.2) is 5.69 Å². The quantitative estimate of drug-likeness (QED) is 0.448. The van der Waals surface area contributed by atoms with Gasteiger partial charge in [-0.15, -0.1) is 0 Å². The van der Waals surface area contributed by atoms with Gasteiger partial charge in [-0.3, -0.25) is 4.68 Å². The molecular formula is C23H20N4O4. The number of aromatic nitrogens is 4. The molecule has 4 aromatic rings. The van der Waals surface area contributed by atoms with Gasteiger partial charge in [-0.05, 0) is 29.8 Å². The first-order valence-corrected chi connectivity index (χ1v) is 9.54. The number of carbonyl (C=O) groups excluding carboxylic acids is 2. The van der Waals surface area contributed by atoms with Crippen LogP contribution in [0.5, 0.6) is 0 Å². The van der Waals surface area contributed by atoms with Crippen molar-refractivity contribution in [1.82, 2.24) is 19.6 Å². The summed E-state index contributed by atoms with van der Waals surface area (Å²) >= 11 is 0. The Bertz CT molecular complexity index is 1210. The molecule has 8 heteroatoms. The Kier molecular flexibility index (Phi) is 5.61. The molecule has 0 aliphatic rings. The molecule has 0 radical (unpaired) electrons. The van der Waals surface area contributed by atoms with Crippen LogP contribution in [0.2, 0.25) is 0 Å². The predicted octanol–water partition coefficient (Wildman–Crippen LogP) is 3.36. The van der Waals surface area contributed by atoms with E-state index in [1.54, 1.807) is 23.0 Å². The van der Waals surface area contributed by atoms with Gasteiger partial charge < -0.3 is 9.47 Å². The number of hydrogen-bond acceptors (Lipinski definition) is 6. The van der Waals surface area contributed by atoms with Crippen molar-refractivity contribution in [2.24, 2.45) is 0 Å². The second-order valence-electron chi connectivity index (χ2n) is 6.71. The lowest BCUT2D eigenvalue weighted by atomic mass is 10.0. The number of para-hydroxylation sites is 1. The highest BCUT2D eigenvalue weighted by Gasteiger charge is 2.31. The fourth-order valence-corrected chi connectivity index (χ4v) is 3.35. The molecular weight excluding hydrogens is 396 g/mol. The zero-order chi connectivity index (χ0) is 21.8. The fourth-order valence-electron chi connectivity index (χ4n) is 3.35.